The lowest BCUT2D eigenvalue weighted by molar-refractivity contribution is -0.220. The SMILES string of the molecule is CC(C)CCCC(C)C1CCC2C3CC[C@@]4(O)CC(O)CCC4(C)C3CCC12C. The number of hydrogen-bond acceptors (Lipinski definition) is 2. The highest BCUT2D eigenvalue weighted by Crippen LogP contribution is 2.69. The lowest BCUT2D eigenvalue weighted by atomic mass is 9.43. The van der Waals surface area contributed by atoms with E-state index in [2.05, 4.69) is 34.6 Å². The second kappa shape index (κ2) is 7.80. The second-order valence-electron chi connectivity index (χ2n) is 12.8. The first-order valence-corrected chi connectivity index (χ1v) is 13.0. The summed E-state index contributed by atoms with van der Waals surface area (Å²) in [6, 6.07) is 0. The molecule has 4 saturated carbocycles. The molecule has 0 bridgehead atoms. The molecule has 0 aromatic rings. The smallest absolute Gasteiger partial charge is 0.0728 e. The third kappa shape index (κ3) is 3.53. The molecule has 29 heavy (non-hydrogen) atoms. The van der Waals surface area contributed by atoms with Crippen molar-refractivity contribution in [1.29, 1.82) is 0 Å². The van der Waals surface area contributed by atoms with Gasteiger partial charge >= 0.3 is 0 Å². The summed E-state index contributed by atoms with van der Waals surface area (Å²) in [7, 11) is 0. The van der Waals surface area contributed by atoms with E-state index >= 15 is 0 Å². The van der Waals surface area contributed by atoms with E-state index in [0.29, 0.717) is 17.8 Å². The third-order valence-corrected chi connectivity index (χ3v) is 11.0. The first-order valence-electron chi connectivity index (χ1n) is 13.0. The van der Waals surface area contributed by atoms with Crippen molar-refractivity contribution in [2.24, 2.45) is 46.3 Å². The van der Waals surface area contributed by atoms with Crippen LogP contribution in [0, 0.1) is 46.3 Å². The first kappa shape index (κ1) is 22.1. The fraction of sp³-hybridized carbons (Fsp3) is 1.00. The molecule has 2 N–H and O–H groups in total. The fourth-order valence-electron chi connectivity index (χ4n) is 9.25. The van der Waals surface area contributed by atoms with E-state index in [1.807, 2.05) is 0 Å². The summed E-state index contributed by atoms with van der Waals surface area (Å²) in [5, 5.41) is 21.8. The Morgan fingerprint density at radius 3 is 2.34 bits per heavy atom. The summed E-state index contributed by atoms with van der Waals surface area (Å²) in [5.74, 6) is 4.94. The molecule has 4 aliphatic rings. The standard InChI is InChI=1S/C27H48O2/c1-18(2)7-6-8-19(3)22-9-10-23-21-12-16-27(29)17-20(28)11-15-26(27,5)24(21)13-14-25(22,23)4/h18-24,28-29H,6-17H2,1-5H3/t19?,20?,21?,22?,23?,24?,25?,26?,27-/m1/s1. The molecule has 2 nitrogen and oxygen atoms in total. The van der Waals surface area contributed by atoms with Crippen LogP contribution in [0.5, 0.6) is 0 Å². The van der Waals surface area contributed by atoms with E-state index in [-0.39, 0.29) is 11.5 Å². The maximum atomic E-state index is 11.6. The molecule has 0 saturated heterocycles. The van der Waals surface area contributed by atoms with Crippen LogP contribution < -0.4 is 0 Å². The van der Waals surface area contributed by atoms with Crippen LogP contribution in [0.1, 0.15) is 112 Å². The van der Waals surface area contributed by atoms with Gasteiger partial charge in [-0.3, -0.25) is 0 Å². The van der Waals surface area contributed by atoms with Gasteiger partial charge < -0.3 is 10.2 Å². The van der Waals surface area contributed by atoms with Crippen LogP contribution >= 0.6 is 0 Å². The van der Waals surface area contributed by atoms with Gasteiger partial charge in [0, 0.05) is 6.42 Å². The second-order valence-corrected chi connectivity index (χ2v) is 12.8. The van der Waals surface area contributed by atoms with Gasteiger partial charge in [-0.2, -0.15) is 0 Å². The third-order valence-electron chi connectivity index (χ3n) is 11.0. The van der Waals surface area contributed by atoms with E-state index in [1.165, 1.54) is 51.4 Å². The summed E-state index contributed by atoms with van der Waals surface area (Å²) < 4.78 is 0. The molecular weight excluding hydrogens is 356 g/mol. The van der Waals surface area contributed by atoms with E-state index in [0.717, 1.165) is 48.9 Å². The zero-order chi connectivity index (χ0) is 21.0. The zero-order valence-electron chi connectivity index (χ0n) is 19.9. The van der Waals surface area contributed by atoms with Gasteiger partial charge in [-0.1, -0.05) is 53.9 Å². The molecule has 9 atom stereocenters. The van der Waals surface area contributed by atoms with Crippen molar-refractivity contribution in [2.75, 3.05) is 0 Å². The zero-order valence-corrected chi connectivity index (χ0v) is 19.9. The predicted molar refractivity (Wildman–Crippen MR) is 121 cm³/mol. The van der Waals surface area contributed by atoms with Crippen LogP contribution in [0.3, 0.4) is 0 Å². The van der Waals surface area contributed by atoms with Gasteiger partial charge in [0.15, 0.2) is 0 Å². The Balaban J connectivity index is 1.49. The summed E-state index contributed by atoms with van der Waals surface area (Å²) in [4.78, 5) is 0. The van der Waals surface area contributed by atoms with Gasteiger partial charge in [0.05, 0.1) is 11.7 Å². The highest BCUT2D eigenvalue weighted by molar-refractivity contribution is 5.14. The van der Waals surface area contributed by atoms with Crippen LogP contribution in [0.25, 0.3) is 0 Å². The Morgan fingerprint density at radius 1 is 0.862 bits per heavy atom. The highest BCUT2D eigenvalue weighted by Gasteiger charge is 2.64. The maximum absolute atomic E-state index is 11.6. The average Bonchev–Trinajstić information content (AvgIpc) is 2.99. The Kier molecular flexibility index (Phi) is 5.95. The van der Waals surface area contributed by atoms with Crippen LogP contribution in [-0.2, 0) is 0 Å². The number of aliphatic hydroxyl groups excluding tert-OH is 1. The molecule has 0 heterocycles. The molecule has 0 aromatic heterocycles. The summed E-state index contributed by atoms with van der Waals surface area (Å²) in [6.07, 6.45) is 14.1. The first-order chi connectivity index (χ1) is 13.6. The van der Waals surface area contributed by atoms with Gasteiger partial charge in [-0.15, -0.1) is 0 Å². The van der Waals surface area contributed by atoms with E-state index < -0.39 is 5.60 Å². The lowest BCUT2D eigenvalue weighted by Crippen LogP contribution is -2.62. The average molecular weight is 405 g/mol. The topological polar surface area (TPSA) is 40.5 Å². The molecule has 2 heteroatoms. The molecular formula is C27H48O2. The molecule has 0 aliphatic heterocycles. The van der Waals surface area contributed by atoms with E-state index in [9.17, 15) is 10.2 Å². The molecule has 4 rings (SSSR count). The normalized spacial score (nSPS) is 50.7. The Bertz CT molecular complexity index is 587. The predicted octanol–water partition coefficient (Wildman–Crippen LogP) is 6.58. The van der Waals surface area contributed by atoms with Crippen LogP contribution in [0.15, 0.2) is 0 Å². The van der Waals surface area contributed by atoms with E-state index in [4.69, 9.17) is 0 Å². The van der Waals surface area contributed by atoms with Crippen LogP contribution in [0.2, 0.25) is 0 Å². The minimum atomic E-state index is -0.623. The quantitative estimate of drug-likeness (QED) is 0.543. The van der Waals surface area contributed by atoms with Crippen molar-refractivity contribution < 1.29 is 10.2 Å². The van der Waals surface area contributed by atoms with Crippen LogP contribution in [-0.4, -0.2) is 21.9 Å². The van der Waals surface area contributed by atoms with Gasteiger partial charge in [0.2, 0.25) is 0 Å². The van der Waals surface area contributed by atoms with Gasteiger partial charge in [-0.25, -0.2) is 0 Å². The monoisotopic (exact) mass is 404 g/mol. The number of hydrogen-bond donors (Lipinski definition) is 2. The molecule has 0 spiro atoms. The molecule has 168 valence electrons. The summed E-state index contributed by atoms with van der Waals surface area (Å²) in [5.41, 5.74) is -0.0719. The molecule has 0 radical (unpaired) electrons. The van der Waals surface area contributed by atoms with Gasteiger partial charge in [0.25, 0.3) is 0 Å². The Labute approximate surface area is 180 Å². The van der Waals surface area contributed by atoms with Crippen LogP contribution in [0.4, 0.5) is 0 Å². The van der Waals surface area contributed by atoms with Crippen molar-refractivity contribution in [3.05, 3.63) is 0 Å². The summed E-state index contributed by atoms with van der Waals surface area (Å²) in [6.45, 7) is 12.3. The molecule has 0 amide bonds. The highest BCUT2D eigenvalue weighted by atomic mass is 16.3. The maximum Gasteiger partial charge on any atom is 0.0728 e. The minimum absolute atomic E-state index is 0.0252. The largest absolute Gasteiger partial charge is 0.393 e. The van der Waals surface area contributed by atoms with Gasteiger partial charge in [0.1, 0.15) is 0 Å². The molecule has 8 unspecified atom stereocenters. The van der Waals surface area contributed by atoms with Crippen molar-refractivity contribution in [2.45, 2.75) is 123 Å². The molecule has 4 fully saturated rings. The van der Waals surface area contributed by atoms with Crippen molar-refractivity contribution >= 4 is 0 Å². The molecule has 4 aliphatic carbocycles. The van der Waals surface area contributed by atoms with Crippen molar-refractivity contribution in [3.8, 4) is 0 Å². The summed E-state index contributed by atoms with van der Waals surface area (Å²) >= 11 is 0. The number of rotatable bonds is 5. The number of fused-ring (bicyclic) bond motifs is 5. The van der Waals surface area contributed by atoms with Crippen molar-refractivity contribution in [1.82, 2.24) is 0 Å². The Morgan fingerprint density at radius 2 is 1.62 bits per heavy atom. The fourth-order valence-corrected chi connectivity index (χ4v) is 9.25. The number of aliphatic hydroxyl groups is 2. The van der Waals surface area contributed by atoms with Gasteiger partial charge in [-0.05, 0) is 97.7 Å². The Hall–Kier alpha value is -0.0800. The van der Waals surface area contributed by atoms with E-state index in [1.54, 1.807) is 0 Å². The molecule has 0 aromatic carbocycles. The van der Waals surface area contributed by atoms with Crippen molar-refractivity contribution in [3.63, 3.8) is 0 Å². The minimum Gasteiger partial charge on any atom is -0.393 e. The lowest BCUT2D eigenvalue weighted by Gasteiger charge is -2.64.